The van der Waals surface area contributed by atoms with Crippen LogP contribution in [0.25, 0.3) is 0 Å². The summed E-state index contributed by atoms with van der Waals surface area (Å²) in [6, 6.07) is 6.09. The van der Waals surface area contributed by atoms with E-state index in [1.807, 2.05) is 12.1 Å². The van der Waals surface area contributed by atoms with Crippen LogP contribution in [0.4, 0.5) is 0 Å². The van der Waals surface area contributed by atoms with Gasteiger partial charge in [0.2, 0.25) is 0 Å². The van der Waals surface area contributed by atoms with Crippen molar-refractivity contribution in [3.05, 3.63) is 29.3 Å². The maximum Gasteiger partial charge on any atom is 0.0735 e. The van der Waals surface area contributed by atoms with Crippen LogP contribution < -0.4 is 0 Å². The third-order valence-corrected chi connectivity index (χ3v) is 2.17. The minimum atomic E-state index is 0.731. The number of ether oxygens (including phenoxy) is 1. The molecule has 0 atom stereocenters. The fourth-order valence-corrected chi connectivity index (χ4v) is 1.48. The van der Waals surface area contributed by atoms with E-state index in [-0.39, 0.29) is 0 Å². The van der Waals surface area contributed by atoms with E-state index < -0.39 is 0 Å². The van der Waals surface area contributed by atoms with Crippen molar-refractivity contribution < 1.29 is 4.74 Å². The Morgan fingerprint density at radius 3 is 3.00 bits per heavy atom. The Kier molecular flexibility index (Phi) is 1.43. The summed E-state index contributed by atoms with van der Waals surface area (Å²) in [5, 5.41) is 0. The van der Waals surface area contributed by atoms with Crippen LogP contribution in [-0.4, -0.2) is 0 Å². The topological polar surface area (TPSA) is 9.23 Å². The molecule has 1 aliphatic rings. The maximum atomic E-state index is 5.25. The van der Waals surface area contributed by atoms with Crippen molar-refractivity contribution in [1.82, 2.24) is 0 Å². The first-order valence-corrected chi connectivity index (χ1v) is 3.70. The van der Waals surface area contributed by atoms with Crippen LogP contribution in [0.1, 0.15) is 11.1 Å². The summed E-state index contributed by atoms with van der Waals surface area (Å²) in [6.45, 7) is 1.48. The molecular weight excluding hydrogens is 144 g/mol. The lowest BCUT2D eigenvalue weighted by molar-refractivity contribution is 0.133. The van der Waals surface area contributed by atoms with Gasteiger partial charge in [0.1, 0.15) is 0 Å². The van der Waals surface area contributed by atoms with Crippen molar-refractivity contribution in [1.29, 1.82) is 0 Å². The molecule has 0 amide bonds. The molecule has 1 nitrogen and oxygen atoms in total. The standard InChI is InChI=1S/C8H8OS/c10-8-3-1-2-6-4-9-5-7(6)8/h1-3,10H,4-5H2. The van der Waals surface area contributed by atoms with E-state index in [1.54, 1.807) is 0 Å². The number of hydrogen-bond donors (Lipinski definition) is 1. The molecule has 0 saturated heterocycles. The Hall–Kier alpha value is -0.470. The van der Waals surface area contributed by atoms with E-state index in [1.165, 1.54) is 11.1 Å². The van der Waals surface area contributed by atoms with Crippen LogP contribution in [0.5, 0.6) is 0 Å². The van der Waals surface area contributed by atoms with Gasteiger partial charge >= 0.3 is 0 Å². The number of hydrogen-bond acceptors (Lipinski definition) is 2. The molecule has 0 radical (unpaired) electrons. The van der Waals surface area contributed by atoms with Gasteiger partial charge in [0.05, 0.1) is 13.2 Å². The first-order valence-electron chi connectivity index (χ1n) is 3.25. The second kappa shape index (κ2) is 2.29. The average molecular weight is 152 g/mol. The Bertz CT molecular complexity index is 257. The fourth-order valence-electron chi connectivity index (χ4n) is 1.19. The zero-order valence-electron chi connectivity index (χ0n) is 5.50. The second-order valence-electron chi connectivity index (χ2n) is 2.41. The molecule has 0 N–H and O–H groups in total. The highest BCUT2D eigenvalue weighted by atomic mass is 32.1. The molecule has 2 heteroatoms. The van der Waals surface area contributed by atoms with Gasteiger partial charge in [-0.15, -0.1) is 12.6 Å². The summed E-state index contributed by atoms with van der Waals surface area (Å²) in [5.41, 5.74) is 2.54. The first kappa shape index (κ1) is 6.25. The number of benzene rings is 1. The summed E-state index contributed by atoms with van der Waals surface area (Å²) < 4.78 is 5.25. The molecule has 0 saturated carbocycles. The molecule has 0 spiro atoms. The van der Waals surface area contributed by atoms with Crippen molar-refractivity contribution in [2.24, 2.45) is 0 Å². The second-order valence-corrected chi connectivity index (χ2v) is 2.89. The van der Waals surface area contributed by atoms with Crippen molar-refractivity contribution >= 4 is 12.6 Å². The molecule has 52 valence electrons. The quantitative estimate of drug-likeness (QED) is 0.559. The first-order chi connectivity index (χ1) is 4.88. The Morgan fingerprint density at radius 1 is 1.30 bits per heavy atom. The van der Waals surface area contributed by atoms with Gasteiger partial charge in [0.25, 0.3) is 0 Å². The van der Waals surface area contributed by atoms with Crippen molar-refractivity contribution in [3.8, 4) is 0 Å². The van der Waals surface area contributed by atoms with Crippen LogP contribution in [0.2, 0.25) is 0 Å². The lowest BCUT2D eigenvalue weighted by atomic mass is 10.1. The van der Waals surface area contributed by atoms with Crippen molar-refractivity contribution in [2.45, 2.75) is 18.1 Å². The minimum absolute atomic E-state index is 0.731. The summed E-state index contributed by atoms with van der Waals surface area (Å²) in [7, 11) is 0. The molecule has 1 aromatic rings. The highest BCUT2D eigenvalue weighted by Crippen LogP contribution is 2.25. The van der Waals surface area contributed by atoms with E-state index >= 15 is 0 Å². The van der Waals surface area contributed by atoms with Gasteiger partial charge < -0.3 is 4.74 Å². The van der Waals surface area contributed by atoms with Gasteiger partial charge in [-0.1, -0.05) is 12.1 Å². The van der Waals surface area contributed by atoms with Crippen LogP contribution in [-0.2, 0) is 18.0 Å². The van der Waals surface area contributed by atoms with Gasteiger partial charge in [-0.2, -0.15) is 0 Å². The number of thiol groups is 1. The lowest BCUT2D eigenvalue weighted by Gasteiger charge is -1.97. The van der Waals surface area contributed by atoms with E-state index in [9.17, 15) is 0 Å². The lowest BCUT2D eigenvalue weighted by Crippen LogP contribution is -1.81. The van der Waals surface area contributed by atoms with Gasteiger partial charge in [-0.25, -0.2) is 0 Å². The summed E-state index contributed by atoms with van der Waals surface area (Å²) in [6.07, 6.45) is 0. The van der Waals surface area contributed by atoms with Crippen LogP contribution in [0.15, 0.2) is 23.1 Å². The molecular formula is C8H8OS. The Balaban J connectivity index is 2.59. The molecule has 0 aromatic heterocycles. The monoisotopic (exact) mass is 152 g/mol. The molecule has 0 bridgehead atoms. The third-order valence-electron chi connectivity index (χ3n) is 1.75. The van der Waals surface area contributed by atoms with E-state index in [0.717, 1.165) is 18.1 Å². The van der Waals surface area contributed by atoms with Crippen LogP contribution in [0.3, 0.4) is 0 Å². The van der Waals surface area contributed by atoms with Gasteiger partial charge in [-0.05, 0) is 17.2 Å². The number of rotatable bonds is 0. The molecule has 0 aliphatic carbocycles. The van der Waals surface area contributed by atoms with Crippen LogP contribution >= 0.6 is 12.6 Å². The highest BCUT2D eigenvalue weighted by Gasteiger charge is 2.11. The Labute approximate surface area is 65.4 Å². The molecule has 1 aliphatic heterocycles. The smallest absolute Gasteiger partial charge is 0.0735 e. The predicted molar refractivity (Wildman–Crippen MR) is 42.2 cm³/mol. The molecule has 0 unspecified atom stereocenters. The van der Waals surface area contributed by atoms with Gasteiger partial charge in [0, 0.05) is 4.90 Å². The normalized spacial score (nSPS) is 15.3. The van der Waals surface area contributed by atoms with Crippen molar-refractivity contribution in [2.75, 3.05) is 0 Å². The Morgan fingerprint density at radius 2 is 2.20 bits per heavy atom. The van der Waals surface area contributed by atoms with Crippen LogP contribution in [0, 0.1) is 0 Å². The molecule has 0 fully saturated rings. The predicted octanol–water partition coefficient (Wildman–Crippen LogP) is 2.01. The van der Waals surface area contributed by atoms with E-state index in [2.05, 4.69) is 18.7 Å². The molecule has 1 aromatic carbocycles. The SMILES string of the molecule is Sc1cccc2c1COC2. The number of fused-ring (bicyclic) bond motifs is 1. The fraction of sp³-hybridized carbons (Fsp3) is 0.250. The average Bonchev–Trinajstić information content (AvgIpc) is 2.36. The molecule has 1 heterocycles. The molecule has 10 heavy (non-hydrogen) atoms. The van der Waals surface area contributed by atoms with Gasteiger partial charge in [-0.3, -0.25) is 0 Å². The summed E-state index contributed by atoms with van der Waals surface area (Å²) in [4.78, 5) is 1.05. The van der Waals surface area contributed by atoms with E-state index in [4.69, 9.17) is 4.74 Å². The zero-order valence-corrected chi connectivity index (χ0v) is 6.40. The largest absolute Gasteiger partial charge is 0.372 e. The highest BCUT2D eigenvalue weighted by molar-refractivity contribution is 7.80. The maximum absolute atomic E-state index is 5.25. The zero-order chi connectivity index (χ0) is 6.97. The third kappa shape index (κ3) is 0.842. The van der Waals surface area contributed by atoms with E-state index in [0.29, 0.717) is 0 Å². The van der Waals surface area contributed by atoms with Crippen molar-refractivity contribution in [3.63, 3.8) is 0 Å². The minimum Gasteiger partial charge on any atom is -0.372 e. The van der Waals surface area contributed by atoms with Gasteiger partial charge in [0.15, 0.2) is 0 Å². The summed E-state index contributed by atoms with van der Waals surface area (Å²) in [5.74, 6) is 0. The summed E-state index contributed by atoms with van der Waals surface area (Å²) >= 11 is 4.31. The molecule has 2 rings (SSSR count).